The van der Waals surface area contributed by atoms with Gasteiger partial charge in [-0.2, -0.15) is 0 Å². The first kappa shape index (κ1) is 14.9. The Balaban J connectivity index is 1.77. The molecule has 1 aromatic carbocycles. The van der Waals surface area contributed by atoms with E-state index in [-0.39, 0.29) is 5.82 Å². The highest BCUT2D eigenvalue weighted by Gasteiger charge is 2.23. The number of rotatable bonds is 5. The average molecular weight is 329 g/mol. The van der Waals surface area contributed by atoms with Crippen molar-refractivity contribution in [3.8, 4) is 0 Å². The van der Waals surface area contributed by atoms with Crippen LogP contribution in [0.1, 0.15) is 25.8 Å². The lowest BCUT2D eigenvalue weighted by molar-refractivity contribution is 0.264. The monoisotopic (exact) mass is 328 g/mol. The fraction of sp³-hybridized carbons (Fsp3) is 0.600. The van der Waals surface area contributed by atoms with Gasteiger partial charge in [0.15, 0.2) is 0 Å². The zero-order valence-electron chi connectivity index (χ0n) is 11.6. The molecular formula is C15H22BrFN2. The molecule has 1 saturated heterocycles. The Kier molecular flexibility index (Phi) is 5.37. The van der Waals surface area contributed by atoms with Crippen molar-refractivity contribution in [3.05, 3.63) is 34.1 Å². The van der Waals surface area contributed by atoms with Crippen LogP contribution >= 0.6 is 15.9 Å². The van der Waals surface area contributed by atoms with E-state index in [1.165, 1.54) is 19.0 Å². The Morgan fingerprint density at radius 1 is 1.47 bits per heavy atom. The Bertz CT molecular complexity index is 423. The molecule has 0 amide bonds. The van der Waals surface area contributed by atoms with Crippen LogP contribution in [0.2, 0.25) is 0 Å². The van der Waals surface area contributed by atoms with Gasteiger partial charge in [0.1, 0.15) is 5.82 Å². The molecule has 1 unspecified atom stereocenters. The fourth-order valence-electron chi connectivity index (χ4n) is 2.59. The maximum atomic E-state index is 13.6. The number of hydrogen-bond donors (Lipinski definition) is 1. The quantitative estimate of drug-likeness (QED) is 0.891. The summed E-state index contributed by atoms with van der Waals surface area (Å²) < 4.78 is 14.5. The summed E-state index contributed by atoms with van der Waals surface area (Å²) in [4.78, 5) is 2.51. The van der Waals surface area contributed by atoms with Gasteiger partial charge < -0.3 is 10.2 Å². The molecule has 1 atom stereocenters. The molecule has 0 aromatic heterocycles. The summed E-state index contributed by atoms with van der Waals surface area (Å²) in [5.41, 5.74) is 0.730. The predicted molar refractivity (Wildman–Crippen MR) is 80.6 cm³/mol. The van der Waals surface area contributed by atoms with Crippen LogP contribution in [0.4, 0.5) is 4.39 Å². The summed E-state index contributed by atoms with van der Waals surface area (Å²) in [5.74, 6) is 0.559. The van der Waals surface area contributed by atoms with E-state index in [0.717, 1.165) is 23.1 Å². The minimum absolute atomic E-state index is 0.133. The Labute approximate surface area is 123 Å². The molecule has 1 N–H and O–H groups in total. The van der Waals surface area contributed by atoms with E-state index in [2.05, 4.69) is 40.0 Å². The number of halogens is 2. The predicted octanol–water partition coefficient (Wildman–Crippen LogP) is 3.41. The lowest BCUT2D eigenvalue weighted by Crippen LogP contribution is -2.30. The summed E-state index contributed by atoms with van der Waals surface area (Å²) in [6.45, 7) is 8.40. The molecule has 1 fully saturated rings. The van der Waals surface area contributed by atoms with E-state index in [9.17, 15) is 4.39 Å². The van der Waals surface area contributed by atoms with Crippen molar-refractivity contribution in [2.24, 2.45) is 5.92 Å². The topological polar surface area (TPSA) is 15.3 Å². The highest BCUT2D eigenvalue weighted by Crippen LogP contribution is 2.18. The molecule has 0 aliphatic carbocycles. The van der Waals surface area contributed by atoms with E-state index in [4.69, 9.17) is 0 Å². The summed E-state index contributed by atoms with van der Waals surface area (Å²) in [6, 6.07) is 5.72. The summed E-state index contributed by atoms with van der Waals surface area (Å²) in [5, 5.41) is 3.38. The van der Waals surface area contributed by atoms with Gasteiger partial charge in [-0.25, -0.2) is 4.39 Å². The highest BCUT2D eigenvalue weighted by molar-refractivity contribution is 9.10. The second kappa shape index (κ2) is 6.82. The van der Waals surface area contributed by atoms with Crippen LogP contribution in [0.15, 0.2) is 22.7 Å². The van der Waals surface area contributed by atoms with Gasteiger partial charge in [-0.05, 0) is 57.5 Å². The van der Waals surface area contributed by atoms with Crippen LogP contribution in [-0.2, 0) is 6.54 Å². The largest absolute Gasteiger partial charge is 0.312 e. The van der Waals surface area contributed by atoms with Crippen LogP contribution in [0.3, 0.4) is 0 Å². The normalized spacial score (nSPS) is 20.4. The molecule has 2 rings (SSSR count). The molecule has 106 valence electrons. The third-order valence-electron chi connectivity index (χ3n) is 3.80. The molecule has 2 nitrogen and oxygen atoms in total. The zero-order chi connectivity index (χ0) is 13.8. The smallest absolute Gasteiger partial charge is 0.127 e. The Morgan fingerprint density at radius 3 is 2.95 bits per heavy atom. The van der Waals surface area contributed by atoms with Gasteiger partial charge in [0.25, 0.3) is 0 Å². The minimum atomic E-state index is -0.133. The Morgan fingerprint density at radius 2 is 2.26 bits per heavy atom. The first-order valence-corrected chi connectivity index (χ1v) is 7.74. The first-order valence-electron chi connectivity index (χ1n) is 6.95. The van der Waals surface area contributed by atoms with Crippen molar-refractivity contribution in [2.45, 2.75) is 32.9 Å². The highest BCUT2D eigenvalue weighted by atomic mass is 79.9. The summed E-state index contributed by atoms with van der Waals surface area (Å²) in [6.07, 6.45) is 1.24. The van der Waals surface area contributed by atoms with Gasteiger partial charge in [0.05, 0.1) is 0 Å². The van der Waals surface area contributed by atoms with Gasteiger partial charge in [-0.15, -0.1) is 0 Å². The number of nitrogens with one attached hydrogen (secondary N) is 1. The summed E-state index contributed by atoms with van der Waals surface area (Å²) >= 11 is 3.38. The van der Waals surface area contributed by atoms with Crippen LogP contribution in [-0.4, -0.2) is 30.6 Å². The molecule has 0 saturated carbocycles. The maximum Gasteiger partial charge on any atom is 0.127 e. The van der Waals surface area contributed by atoms with Crippen molar-refractivity contribution in [1.29, 1.82) is 0 Å². The van der Waals surface area contributed by atoms with E-state index < -0.39 is 0 Å². The third kappa shape index (κ3) is 4.26. The second-order valence-corrected chi connectivity index (χ2v) is 6.53. The minimum Gasteiger partial charge on any atom is -0.312 e. The van der Waals surface area contributed by atoms with E-state index in [1.54, 1.807) is 6.07 Å². The SMILES string of the molecule is CC(C)N1CCC(CNCc2cc(Br)ccc2F)C1. The Hall–Kier alpha value is -0.450. The van der Waals surface area contributed by atoms with Gasteiger partial charge in [-0.3, -0.25) is 0 Å². The molecule has 0 radical (unpaired) electrons. The maximum absolute atomic E-state index is 13.6. The summed E-state index contributed by atoms with van der Waals surface area (Å²) in [7, 11) is 0. The number of nitrogens with zero attached hydrogens (tertiary/aromatic N) is 1. The fourth-order valence-corrected chi connectivity index (χ4v) is 3.00. The third-order valence-corrected chi connectivity index (χ3v) is 4.30. The molecule has 4 heteroatoms. The second-order valence-electron chi connectivity index (χ2n) is 5.61. The van der Waals surface area contributed by atoms with Gasteiger partial charge in [-0.1, -0.05) is 15.9 Å². The molecule has 1 heterocycles. The van der Waals surface area contributed by atoms with E-state index in [1.807, 2.05) is 6.07 Å². The number of benzene rings is 1. The zero-order valence-corrected chi connectivity index (χ0v) is 13.2. The average Bonchev–Trinajstić information content (AvgIpc) is 2.82. The lowest BCUT2D eigenvalue weighted by Gasteiger charge is -2.20. The van der Waals surface area contributed by atoms with Crippen molar-refractivity contribution in [3.63, 3.8) is 0 Å². The lowest BCUT2D eigenvalue weighted by atomic mass is 10.1. The molecule has 1 aliphatic heterocycles. The van der Waals surface area contributed by atoms with Crippen molar-refractivity contribution >= 4 is 15.9 Å². The van der Waals surface area contributed by atoms with Crippen LogP contribution in [0, 0.1) is 11.7 Å². The first-order chi connectivity index (χ1) is 9.06. The van der Waals surface area contributed by atoms with Crippen molar-refractivity contribution < 1.29 is 4.39 Å². The standard InChI is InChI=1S/C15H22BrFN2/c1-11(2)19-6-5-12(10-19)8-18-9-13-7-14(16)3-4-15(13)17/h3-4,7,11-12,18H,5-6,8-10H2,1-2H3. The van der Waals surface area contributed by atoms with E-state index >= 15 is 0 Å². The number of hydrogen-bond acceptors (Lipinski definition) is 2. The van der Waals surface area contributed by atoms with Crippen molar-refractivity contribution in [1.82, 2.24) is 10.2 Å². The van der Waals surface area contributed by atoms with Crippen LogP contribution in [0.25, 0.3) is 0 Å². The van der Waals surface area contributed by atoms with Crippen LogP contribution in [0.5, 0.6) is 0 Å². The molecular weight excluding hydrogens is 307 g/mol. The van der Waals surface area contributed by atoms with E-state index in [0.29, 0.717) is 18.5 Å². The molecule has 1 aromatic rings. The molecule has 0 bridgehead atoms. The molecule has 1 aliphatic rings. The van der Waals surface area contributed by atoms with Crippen LogP contribution < -0.4 is 5.32 Å². The number of likely N-dealkylation sites (tertiary alicyclic amines) is 1. The van der Waals surface area contributed by atoms with Gasteiger partial charge >= 0.3 is 0 Å². The molecule has 19 heavy (non-hydrogen) atoms. The van der Waals surface area contributed by atoms with Gasteiger partial charge in [0, 0.05) is 29.2 Å². The van der Waals surface area contributed by atoms with Gasteiger partial charge in [0.2, 0.25) is 0 Å². The molecule has 0 spiro atoms. The van der Waals surface area contributed by atoms with Crippen molar-refractivity contribution in [2.75, 3.05) is 19.6 Å².